The van der Waals surface area contributed by atoms with Crippen LogP contribution in [0.5, 0.6) is 0 Å². The van der Waals surface area contributed by atoms with Gasteiger partial charge in [-0.1, -0.05) is 13.8 Å². The fourth-order valence-electron chi connectivity index (χ4n) is 1.45. The van der Waals surface area contributed by atoms with Crippen LogP contribution in [-0.2, 0) is 22.5 Å². The molecule has 0 aliphatic carbocycles. The van der Waals surface area contributed by atoms with Gasteiger partial charge in [-0.25, -0.2) is 4.79 Å². The molecule has 0 saturated heterocycles. The van der Waals surface area contributed by atoms with Gasteiger partial charge in [0.05, 0.1) is 5.69 Å². The maximum absolute atomic E-state index is 10.8. The van der Waals surface area contributed by atoms with Crippen molar-refractivity contribution in [2.45, 2.75) is 32.9 Å². The van der Waals surface area contributed by atoms with Gasteiger partial charge in [0.1, 0.15) is 0 Å². The lowest BCUT2D eigenvalue weighted by atomic mass is 10.2. The van der Waals surface area contributed by atoms with Crippen molar-refractivity contribution in [1.29, 1.82) is 0 Å². The summed E-state index contributed by atoms with van der Waals surface area (Å²) in [5, 5.41) is 13.1. The first-order valence-corrected chi connectivity index (χ1v) is 5.31. The zero-order valence-corrected chi connectivity index (χ0v) is 9.88. The molecule has 1 aromatic rings. The van der Waals surface area contributed by atoms with Gasteiger partial charge < -0.3 is 9.84 Å². The van der Waals surface area contributed by atoms with Crippen molar-refractivity contribution in [3.63, 3.8) is 0 Å². The Balaban J connectivity index is 2.60. The molecule has 1 rings (SSSR count). The third-order valence-corrected chi connectivity index (χ3v) is 2.20. The molecule has 1 N–H and O–H groups in total. The van der Waals surface area contributed by atoms with E-state index in [0.29, 0.717) is 12.3 Å². The minimum Gasteiger partial charge on any atom is -0.479 e. The average molecular weight is 226 g/mol. The second-order valence-corrected chi connectivity index (χ2v) is 4.19. The highest BCUT2D eigenvalue weighted by Gasteiger charge is 2.18. The molecule has 0 amide bonds. The Morgan fingerprint density at radius 3 is 2.81 bits per heavy atom. The van der Waals surface area contributed by atoms with Gasteiger partial charge in [-0.05, 0) is 12.0 Å². The number of ether oxygens (including phenoxy) is 1. The summed E-state index contributed by atoms with van der Waals surface area (Å²) in [7, 11) is 1.39. The van der Waals surface area contributed by atoms with Crippen LogP contribution in [-0.4, -0.2) is 34.1 Å². The number of hydrogen-bond acceptors (Lipinski definition) is 3. The molecule has 0 radical (unpaired) electrons. The van der Waals surface area contributed by atoms with Gasteiger partial charge in [0, 0.05) is 26.3 Å². The van der Waals surface area contributed by atoms with Gasteiger partial charge in [0.2, 0.25) is 0 Å². The Kier molecular flexibility index (Phi) is 4.49. The van der Waals surface area contributed by atoms with Crippen LogP contribution in [0.2, 0.25) is 0 Å². The quantitative estimate of drug-likeness (QED) is 0.791. The van der Waals surface area contributed by atoms with Gasteiger partial charge in [0.15, 0.2) is 6.10 Å². The monoisotopic (exact) mass is 226 g/mol. The predicted molar refractivity (Wildman–Crippen MR) is 59.2 cm³/mol. The number of aliphatic carboxylic acids is 1. The van der Waals surface area contributed by atoms with Crippen molar-refractivity contribution >= 4 is 5.97 Å². The minimum atomic E-state index is -0.957. The normalized spacial score (nSPS) is 13.0. The fraction of sp³-hybridized carbons (Fsp3) is 0.636. The Labute approximate surface area is 95.0 Å². The van der Waals surface area contributed by atoms with E-state index in [0.717, 1.165) is 12.2 Å². The summed E-state index contributed by atoms with van der Waals surface area (Å²) in [6.07, 6.45) is 1.35. The second kappa shape index (κ2) is 5.65. The van der Waals surface area contributed by atoms with Crippen LogP contribution in [0.15, 0.2) is 12.3 Å². The van der Waals surface area contributed by atoms with Gasteiger partial charge in [-0.3, -0.25) is 4.68 Å². The minimum absolute atomic E-state index is 0.303. The molecule has 0 aliphatic rings. The summed E-state index contributed by atoms with van der Waals surface area (Å²) >= 11 is 0. The van der Waals surface area contributed by atoms with Crippen molar-refractivity contribution in [2.24, 2.45) is 5.92 Å². The molecule has 0 fully saturated rings. The van der Waals surface area contributed by atoms with Crippen LogP contribution in [0.4, 0.5) is 0 Å². The van der Waals surface area contributed by atoms with Gasteiger partial charge in [0.25, 0.3) is 0 Å². The van der Waals surface area contributed by atoms with E-state index in [2.05, 4.69) is 18.9 Å². The van der Waals surface area contributed by atoms with Crippen LogP contribution >= 0.6 is 0 Å². The Bertz CT molecular complexity index is 347. The zero-order valence-electron chi connectivity index (χ0n) is 9.88. The molecule has 5 nitrogen and oxygen atoms in total. The lowest BCUT2D eigenvalue weighted by Gasteiger charge is -2.08. The summed E-state index contributed by atoms with van der Waals surface area (Å²) in [6.45, 7) is 5.05. The molecule has 0 spiro atoms. The highest BCUT2D eigenvalue weighted by atomic mass is 16.5. The Morgan fingerprint density at radius 1 is 1.62 bits per heavy atom. The lowest BCUT2D eigenvalue weighted by Crippen LogP contribution is -2.25. The number of hydrogen-bond donors (Lipinski definition) is 1. The molecule has 16 heavy (non-hydrogen) atoms. The van der Waals surface area contributed by atoms with Crippen LogP contribution in [0.25, 0.3) is 0 Å². The van der Waals surface area contributed by atoms with Crippen molar-refractivity contribution in [3.8, 4) is 0 Å². The van der Waals surface area contributed by atoms with E-state index in [1.54, 1.807) is 0 Å². The van der Waals surface area contributed by atoms with Crippen LogP contribution in [0.1, 0.15) is 19.5 Å². The largest absolute Gasteiger partial charge is 0.479 e. The first kappa shape index (κ1) is 12.7. The van der Waals surface area contributed by atoms with Crippen molar-refractivity contribution in [2.75, 3.05) is 7.11 Å². The average Bonchev–Trinajstić information content (AvgIpc) is 2.60. The van der Waals surface area contributed by atoms with Crippen molar-refractivity contribution in [3.05, 3.63) is 18.0 Å². The topological polar surface area (TPSA) is 64.4 Å². The molecule has 0 bridgehead atoms. The first-order chi connectivity index (χ1) is 7.52. The number of methoxy groups -OCH3 is 1. The van der Waals surface area contributed by atoms with E-state index in [1.165, 1.54) is 7.11 Å². The molecule has 1 atom stereocenters. The highest BCUT2D eigenvalue weighted by molar-refractivity contribution is 5.72. The second-order valence-electron chi connectivity index (χ2n) is 4.19. The van der Waals surface area contributed by atoms with Gasteiger partial charge in [-0.2, -0.15) is 5.10 Å². The van der Waals surface area contributed by atoms with Gasteiger partial charge >= 0.3 is 5.97 Å². The number of rotatable bonds is 6. The lowest BCUT2D eigenvalue weighted by molar-refractivity contribution is -0.148. The maximum Gasteiger partial charge on any atom is 0.333 e. The summed E-state index contributed by atoms with van der Waals surface area (Å²) in [4.78, 5) is 10.8. The molecule has 0 aromatic carbocycles. The summed E-state index contributed by atoms with van der Waals surface area (Å²) in [6, 6.07) is 1.83. The highest BCUT2D eigenvalue weighted by Crippen LogP contribution is 2.05. The van der Waals surface area contributed by atoms with Gasteiger partial charge in [-0.15, -0.1) is 0 Å². The molecule has 5 heteroatoms. The van der Waals surface area contributed by atoms with Crippen molar-refractivity contribution in [1.82, 2.24) is 9.78 Å². The van der Waals surface area contributed by atoms with Crippen LogP contribution in [0, 0.1) is 5.92 Å². The Hall–Kier alpha value is -1.36. The van der Waals surface area contributed by atoms with E-state index in [-0.39, 0.29) is 0 Å². The molecule has 1 aromatic heterocycles. The molecule has 1 heterocycles. The fourth-order valence-corrected chi connectivity index (χ4v) is 1.45. The van der Waals surface area contributed by atoms with Crippen LogP contribution in [0.3, 0.4) is 0 Å². The smallest absolute Gasteiger partial charge is 0.333 e. The van der Waals surface area contributed by atoms with E-state index < -0.39 is 12.1 Å². The summed E-state index contributed by atoms with van der Waals surface area (Å²) in [5.74, 6) is -0.439. The number of carboxylic acids is 1. The third kappa shape index (κ3) is 3.66. The van der Waals surface area contributed by atoms with Crippen LogP contribution < -0.4 is 0 Å². The molecular weight excluding hydrogens is 208 g/mol. The van der Waals surface area contributed by atoms with E-state index in [1.807, 2.05) is 16.9 Å². The maximum atomic E-state index is 10.8. The number of nitrogens with zero attached hydrogens (tertiary/aromatic N) is 2. The predicted octanol–water partition coefficient (Wildman–Crippen LogP) is 1.18. The van der Waals surface area contributed by atoms with E-state index in [9.17, 15) is 4.79 Å². The summed E-state index contributed by atoms with van der Waals surface area (Å²) in [5.41, 5.74) is 0.745. The number of carboxylic acid groups (broad SMARTS) is 1. The molecule has 90 valence electrons. The molecule has 0 saturated carbocycles. The molecular formula is C11H18N2O3. The van der Waals surface area contributed by atoms with E-state index >= 15 is 0 Å². The standard InChI is InChI=1S/C11H18N2O3/c1-8(2)7-13-5-4-9(12-13)6-10(16-3)11(14)15/h4-5,8,10H,6-7H2,1-3H3,(H,14,15). The molecule has 1 unspecified atom stereocenters. The van der Waals surface area contributed by atoms with E-state index in [4.69, 9.17) is 9.84 Å². The first-order valence-electron chi connectivity index (χ1n) is 5.31. The SMILES string of the molecule is COC(Cc1ccn(CC(C)C)n1)C(=O)O. The summed E-state index contributed by atoms with van der Waals surface area (Å²) < 4.78 is 6.69. The third-order valence-electron chi connectivity index (χ3n) is 2.20. The Morgan fingerprint density at radius 2 is 2.31 bits per heavy atom. The number of aromatic nitrogens is 2. The zero-order chi connectivity index (χ0) is 12.1. The molecule has 0 aliphatic heterocycles. The van der Waals surface area contributed by atoms with Crippen molar-refractivity contribution < 1.29 is 14.6 Å². The number of carbonyl (C=O) groups is 1.